The largest absolute Gasteiger partial charge is 1.00 e. The van der Waals surface area contributed by atoms with Gasteiger partial charge in [0.05, 0.1) is 0 Å². The van der Waals surface area contributed by atoms with Gasteiger partial charge in [0, 0.05) is 0 Å². The molecule has 1 aliphatic rings. The smallest absolute Gasteiger partial charge is 0.0622 e. The summed E-state index contributed by atoms with van der Waals surface area (Å²) in [7, 11) is -0.892. The molecule has 6 aromatic carbocycles. The molecule has 48 heavy (non-hydrogen) atoms. The third-order valence-corrected chi connectivity index (χ3v) is 11.5. The van der Waals surface area contributed by atoms with E-state index in [0.29, 0.717) is 0 Å². The first-order valence-corrected chi connectivity index (χ1v) is 21.0. The van der Waals surface area contributed by atoms with Gasteiger partial charge in [-0.1, -0.05) is 182 Å². The van der Waals surface area contributed by atoms with Gasteiger partial charge in [0.15, 0.2) is 0 Å². The molecule has 0 amide bonds. The molecule has 1 aliphatic carbocycles. The molecule has 1 saturated carbocycles. The summed E-state index contributed by atoms with van der Waals surface area (Å²) in [6.45, 7) is 0. The van der Waals surface area contributed by atoms with Crippen LogP contribution in [0.4, 0.5) is 8.60 Å². The van der Waals surface area contributed by atoms with Crippen molar-refractivity contribution in [3.05, 3.63) is 214 Å². The maximum atomic E-state index is 9.86. The topological polar surface area (TPSA) is 0 Å². The zero-order chi connectivity index (χ0) is 32.9. The Morgan fingerprint density at radius 3 is 0.521 bits per heavy atom. The Labute approximate surface area is 309 Å². The molecule has 7 radical (unpaired) electrons. The predicted octanol–water partition coefficient (Wildman–Crippen LogP) is 8.79. The zero-order valence-electron chi connectivity index (χ0n) is 26.1. The molecule has 0 spiro atoms. The Hall–Kier alpha value is -2.61. The van der Waals surface area contributed by atoms with Crippen molar-refractivity contribution in [3.63, 3.8) is 0 Å². The summed E-state index contributed by atoms with van der Waals surface area (Å²) < 4.78 is 29.6. The fourth-order valence-corrected chi connectivity index (χ4v) is 9.29. The first-order valence-electron chi connectivity index (χ1n) is 15.0. The molecule has 0 unspecified atom stereocenters. The fourth-order valence-electron chi connectivity index (χ4n) is 4.68. The van der Waals surface area contributed by atoms with Crippen LogP contribution in [0.15, 0.2) is 182 Å². The summed E-state index contributed by atoms with van der Waals surface area (Å²) in [6.07, 6.45) is 10.0. The van der Waals surface area contributed by atoms with Crippen molar-refractivity contribution in [2.75, 3.05) is 0 Å². The molecule has 1 fully saturated rings. The Kier molecular flexibility index (Phi) is 19.7. The van der Waals surface area contributed by atoms with Crippen LogP contribution in [-0.2, 0) is 19.5 Å². The minimum Gasteiger partial charge on any atom is -0.0622 e. The molecule has 0 N–H and O–H groups in total. The van der Waals surface area contributed by atoms with Crippen LogP contribution >= 0.6 is 15.8 Å². The van der Waals surface area contributed by atoms with Crippen LogP contribution in [0.25, 0.3) is 0 Å². The second-order valence-electron chi connectivity index (χ2n) is 9.86. The number of benzene rings is 6. The van der Waals surface area contributed by atoms with Gasteiger partial charge in [-0.25, -0.2) is 0 Å². The molecule has 241 valence electrons. The normalized spacial score (nSPS) is 11.6. The monoisotopic (exact) mass is 868 g/mol. The van der Waals surface area contributed by atoms with E-state index in [1.807, 2.05) is 32.1 Å². The van der Waals surface area contributed by atoms with E-state index >= 15 is 0 Å². The van der Waals surface area contributed by atoms with Gasteiger partial charge in [-0.3, -0.25) is 0 Å². The molecule has 0 atom stereocenters. The van der Waals surface area contributed by atoms with E-state index in [4.69, 9.17) is 0 Å². The minimum absolute atomic E-state index is 0. The van der Waals surface area contributed by atoms with Crippen LogP contribution < -0.4 is 31.8 Å². The number of hydrogen-bond donors (Lipinski definition) is 0. The molecular formula is C41H35F3P2RuSn+. The van der Waals surface area contributed by atoms with E-state index in [1.165, 1.54) is 31.8 Å². The van der Waals surface area contributed by atoms with Gasteiger partial charge in [0.1, 0.15) is 0 Å². The van der Waals surface area contributed by atoms with Gasteiger partial charge in [-0.15, -0.1) is 0 Å². The van der Waals surface area contributed by atoms with Crippen LogP contribution in [0.3, 0.4) is 0 Å². The summed E-state index contributed by atoms with van der Waals surface area (Å²) >= 11 is -5.04. The Bertz CT molecular complexity index is 1310. The minimum atomic E-state index is -5.04. The van der Waals surface area contributed by atoms with E-state index in [1.54, 1.807) is 0 Å². The van der Waals surface area contributed by atoms with Crippen molar-refractivity contribution in [2.45, 2.75) is 0 Å². The third-order valence-electron chi connectivity index (χ3n) is 6.64. The molecule has 0 saturated heterocycles. The molecule has 0 bridgehead atoms. The number of halogens is 3. The zero-order valence-corrected chi connectivity index (χ0v) is 32.5. The van der Waals surface area contributed by atoms with Crippen molar-refractivity contribution >= 4 is 69.1 Å². The van der Waals surface area contributed by atoms with Crippen molar-refractivity contribution in [3.8, 4) is 0 Å². The standard InChI is InChI=1S/2C18H15P.C5H5.3FH.Ru.Sn/c2*1-4-10-16(11-5-1)19(17-12-6-2-7-13-17)18-14-8-3-9-15-18;1-2-4-5-3-1;;;;;/h2*1-15H;1-5H;3*1H;;/q;;;;;;+1;+3/p-3. The first-order chi connectivity index (χ1) is 23.1. The van der Waals surface area contributed by atoms with Crippen LogP contribution in [0.5, 0.6) is 0 Å². The summed E-state index contributed by atoms with van der Waals surface area (Å²) in [5, 5.41) is 8.39. The summed E-state index contributed by atoms with van der Waals surface area (Å²) in [6, 6.07) is 64.7. The average molecular weight is 866 g/mol. The quantitative estimate of drug-likeness (QED) is 0.116. The van der Waals surface area contributed by atoms with Crippen LogP contribution in [0, 0.1) is 32.1 Å². The average Bonchev–Trinajstić information content (AvgIpc) is 3.73. The Morgan fingerprint density at radius 2 is 0.396 bits per heavy atom. The second-order valence-corrected chi connectivity index (χ2v) is 15.5. The summed E-state index contributed by atoms with van der Waals surface area (Å²) in [5.41, 5.74) is 0. The Balaban J connectivity index is 0.000000204. The van der Waals surface area contributed by atoms with E-state index in [0.717, 1.165) is 0 Å². The molecular weight excluding hydrogens is 831 g/mol. The van der Waals surface area contributed by atoms with Gasteiger partial charge in [-0.05, 0) is 79.8 Å². The third kappa shape index (κ3) is 14.1. The van der Waals surface area contributed by atoms with Crippen molar-refractivity contribution in [1.29, 1.82) is 0 Å². The van der Waals surface area contributed by atoms with Gasteiger partial charge in [0.2, 0.25) is 0 Å². The number of rotatable bonds is 6. The van der Waals surface area contributed by atoms with Gasteiger partial charge in [0.25, 0.3) is 0 Å². The van der Waals surface area contributed by atoms with Crippen LogP contribution in [0.1, 0.15) is 0 Å². The summed E-state index contributed by atoms with van der Waals surface area (Å²) in [5.74, 6) is 0. The molecule has 7 heteroatoms. The molecule has 0 nitrogen and oxygen atoms in total. The first kappa shape index (κ1) is 39.8. The molecule has 0 aliphatic heterocycles. The van der Waals surface area contributed by atoms with Crippen LogP contribution in [0.2, 0.25) is 0 Å². The van der Waals surface area contributed by atoms with Gasteiger partial charge >= 0.3 is 49.6 Å². The molecule has 6 aromatic rings. The molecule has 7 rings (SSSR count). The van der Waals surface area contributed by atoms with E-state index < -0.39 is 37.3 Å². The van der Waals surface area contributed by atoms with Crippen molar-refractivity contribution in [1.82, 2.24) is 0 Å². The van der Waals surface area contributed by atoms with Gasteiger partial charge < -0.3 is 0 Å². The maximum Gasteiger partial charge on any atom is 1.00 e. The SMILES string of the molecule is [CH]1[CH][CH][CH][CH]1.[F][Sn]([F])[F].[Ru+].c1ccc(P(c2ccccc2)c2ccccc2)cc1.c1ccc(P(c2ccccc2)c2ccccc2)cc1. The number of hydrogen-bond acceptors (Lipinski definition) is 0. The Morgan fingerprint density at radius 1 is 0.271 bits per heavy atom. The van der Waals surface area contributed by atoms with Crippen molar-refractivity contribution < 1.29 is 28.1 Å². The second kappa shape index (κ2) is 23.7. The maximum absolute atomic E-state index is 9.86. The fraction of sp³-hybridized carbons (Fsp3) is 0. The van der Waals surface area contributed by atoms with E-state index in [-0.39, 0.29) is 19.5 Å². The van der Waals surface area contributed by atoms with Gasteiger partial charge in [-0.2, -0.15) is 0 Å². The van der Waals surface area contributed by atoms with E-state index in [9.17, 15) is 8.60 Å². The van der Waals surface area contributed by atoms with E-state index in [2.05, 4.69) is 182 Å². The predicted molar refractivity (Wildman–Crippen MR) is 201 cm³/mol. The van der Waals surface area contributed by atoms with Crippen LogP contribution in [-0.4, -0.2) is 21.5 Å². The van der Waals surface area contributed by atoms with Crippen molar-refractivity contribution in [2.24, 2.45) is 0 Å². The molecule has 0 aromatic heterocycles. The molecule has 0 heterocycles. The summed E-state index contributed by atoms with van der Waals surface area (Å²) in [4.78, 5) is 0.